The molecule has 5 rings (SSSR count). The maximum atomic E-state index is 13.6. The van der Waals surface area contributed by atoms with Crippen LogP contribution in [0.4, 0.5) is 0 Å². The fraction of sp³-hybridized carbons (Fsp3) is 0.111. The standard InChI is InChI=1S/C27H20O7/c1-30-17-11-8-15(9-12-17)24(28)26-22(16-10-13-20(31-2)21(14-16)32-3)23-25(34-26)18-6-4-5-7-19(18)33-27(23)29/h4-14H,1-3H3. The van der Waals surface area contributed by atoms with Crippen molar-refractivity contribution in [2.45, 2.75) is 0 Å². The molecule has 0 atom stereocenters. The van der Waals surface area contributed by atoms with Gasteiger partial charge in [-0.3, -0.25) is 4.79 Å². The number of methoxy groups -OCH3 is 3. The van der Waals surface area contributed by atoms with E-state index in [-0.39, 0.29) is 22.5 Å². The Morgan fingerprint density at radius 2 is 1.53 bits per heavy atom. The Morgan fingerprint density at radius 1 is 0.794 bits per heavy atom. The van der Waals surface area contributed by atoms with Crippen LogP contribution in [0, 0.1) is 0 Å². The molecule has 0 unspecified atom stereocenters. The highest BCUT2D eigenvalue weighted by molar-refractivity contribution is 6.18. The van der Waals surface area contributed by atoms with Gasteiger partial charge in [-0.15, -0.1) is 0 Å². The van der Waals surface area contributed by atoms with Gasteiger partial charge in [0.1, 0.15) is 16.7 Å². The van der Waals surface area contributed by atoms with Gasteiger partial charge in [-0.25, -0.2) is 4.79 Å². The molecule has 2 heterocycles. The normalized spacial score (nSPS) is 11.0. The van der Waals surface area contributed by atoms with Crippen LogP contribution in [-0.4, -0.2) is 27.1 Å². The summed E-state index contributed by atoms with van der Waals surface area (Å²) in [5.74, 6) is 1.22. The number of fused-ring (bicyclic) bond motifs is 3. The summed E-state index contributed by atoms with van der Waals surface area (Å²) in [6.45, 7) is 0. The number of carbonyl (C=O) groups is 1. The van der Waals surface area contributed by atoms with Crippen LogP contribution in [0.3, 0.4) is 0 Å². The maximum Gasteiger partial charge on any atom is 0.348 e. The van der Waals surface area contributed by atoms with Crippen LogP contribution in [0.15, 0.2) is 80.4 Å². The molecule has 5 aromatic rings. The van der Waals surface area contributed by atoms with E-state index in [4.69, 9.17) is 23.0 Å². The maximum absolute atomic E-state index is 13.6. The van der Waals surface area contributed by atoms with Gasteiger partial charge in [-0.1, -0.05) is 18.2 Å². The number of furan rings is 1. The molecular weight excluding hydrogens is 436 g/mol. The first-order valence-electron chi connectivity index (χ1n) is 10.4. The van der Waals surface area contributed by atoms with Crippen molar-refractivity contribution in [2.75, 3.05) is 21.3 Å². The number of benzene rings is 3. The Balaban J connectivity index is 1.84. The smallest absolute Gasteiger partial charge is 0.348 e. The van der Waals surface area contributed by atoms with Crippen LogP contribution in [0.25, 0.3) is 33.1 Å². The molecule has 0 aliphatic heterocycles. The first kappa shape index (κ1) is 21.3. The predicted octanol–water partition coefficient (Wildman–Crippen LogP) is 5.46. The second kappa shape index (κ2) is 8.44. The number of hydrogen-bond donors (Lipinski definition) is 0. The lowest BCUT2D eigenvalue weighted by Gasteiger charge is -2.10. The van der Waals surface area contributed by atoms with E-state index in [0.29, 0.717) is 44.9 Å². The quantitative estimate of drug-likeness (QED) is 0.247. The first-order valence-corrected chi connectivity index (χ1v) is 10.4. The highest BCUT2D eigenvalue weighted by Crippen LogP contribution is 2.40. The van der Waals surface area contributed by atoms with E-state index >= 15 is 0 Å². The fourth-order valence-corrected chi connectivity index (χ4v) is 4.01. The highest BCUT2D eigenvalue weighted by atomic mass is 16.5. The number of ether oxygens (including phenoxy) is 3. The number of para-hydroxylation sites is 1. The van der Waals surface area contributed by atoms with Gasteiger partial charge in [0.25, 0.3) is 0 Å². The molecular formula is C27H20O7. The molecule has 0 spiro atoms. The second-order valence-corrected chi connectivity index (χ2v) is 7.52. The first-order chi connectivity index (χ1) is 16.5. The van der Waals surface area contributed by atoms with E-state index in [2.05, 4.69) is 0 Å². The van der Waals surface area contributed by atoms with Crippen molar-refractivity contribution in [1.29, 1.82) is 0 Å². The second-order valence-electron chi connectivity index (χ2n) is 7.52. The third-order valence-corrected chi connectivity index (χ3v) is 5.68. The van der Waals surface area contributed by atoms with Crippen molar-refractivity contribution in [3.8, 4) is 28.4 Å². The number of hydrogen-bond acceptors (Lipinski definition) is 7. The zero-order valence-electron chi connectivity index (χ0n) is 18.7. The molecule has 0 saturated heterocycles. The molecule has 3 aromatic carbocycles. The largest absolute Gasteiger partial charge is 0.497 e. The Hall–Kier alpha value is -4.52. The third-order valence-electron chi connectivity index (χ3n) is 5.68. The lowest BCUT2D eigenvalue weighted by Crippen LogP contribution is -2.04. The van der Waals surface area contributed by atoms with Crippen LogP contribution < -0.4 is 19.8 Å². The van der Waals surface area contributed by atoms with Gasteiger partial charge < -0.3 is 23.0 Å². The van der Waals surface area contributed by atoms with Gasteiger partial charge in [-0.05, 0) is 54.1 Å². The average molecular weight is 456 g/mol. The van der Waals surface area contributed by atoms with Crippen molar-refractivity contribution in [2.24, 2.45) is 0 Å². The van der Waals surface area contributed by atoms with Gasteiger partial charge in [0.05, 0.1) is 26.7 Å². The zero-order valence-corrected chi connectivity index (χ0v) is 18.7. The van der Waals surface area contributed by atoms with E-state index in [9.17, 15) is 9.59 Å². The van der Waals surface area contributed by atoms with Crippen molar-refractivity contribution in [3.63, 3.8) is 0 Å². The molecule has 2 aromatic heterocycles. The SMILES string of the molecule is COc1ccc(C(=O)c2oc3c(c2-c2ccc(OC)c(OC)c2)c(=O)oc2ccccc23)cc1. The van der Waals surface area contributed by atoms with Crippen LogP contribution in [-0.2, 0) is 0 Å². The molecule has 7 nitrogen and oxygen atoms in total. The minimum atomic E-state index is -0.601. The van der Waals surface area contributed by atoms with E-state index < -0.39 is 5.63 Å². The summed E-state index contributed by atoms with van der Waals surface area (Å²) in [6.07, 6.45) is 0. The molecule has 0 N–H and O–H groups in total. The van der Waals surface area contributed by atoms with Crippen molar-refractivity contribution < 1.29 is 27.8 Å². The fourth-order valence-electron chi connectivity index (χ4n) is 4.01. The van der Waals surface area contributed by atoms with Crippen LogP contribution in [0.5, 0.6) is 17.2 Å². The van der Waals surface area contributed by atoms with Crippen molar-refractivity contribution in [3.05, 3.63) is 88.5 Å². The summed E-state index contributed by atoms with van der Waals surface area (Å²) in [4.78, 5) is 26.7. The minimum absolute atomic E-state index is 0.0241. The molecule has 0 saturated carbocycles. The van der Waals surface area contributed by atoms with Crippen LogP contribution in [0.2, 0.25) is 0 Å². The van der Waals surface area contributed by atoms with Gasteiger partial charge in [0.2, 0.25) is 5.78 Å². The van der Waals surface area contributed by atoms with E-state index in [1.165, 1.54) is 14.2 Å². The highest BCUT2D eigenvalue weighted by Gasteiger charge is 2.28. The van der Waals surface area contributed by atoms with Crippen LogP contribution in [0.1, 0.15) is 16.1 Å². The molecule has 7 heteroatoms. The monoisotopic (exact) mass is 456 g/mol. The molecule has 0 amide bonds. The molecule has 170 valence electrons. The van der Waals surface area contributed by atoms with E-state index in [1.54, 1.807) is 67.8 Å². The van der Waals surface area contributed by atoms with E-state index in [0.717, 1.165) is 0 Å². The molecule has 0 aliphatic rings. The zero-order chi connectivity index (χ0) is 23.8. The summed E-state index contributed by atoms with van der Waals surface area (Å²) >= 11 is 0. The summed E-state index contributed by atoms with van der Waals surface area (Å²) in [5, 5.41) is 0.774. The Kier molecular flexibility index (Phi) is 5.30. The van der Waals surface area contributed by atoms with Crippen LogP contribution >= 0.6 is 0 Å². The Labute approximate surface area is 194 Å². The molecule has 0 fully saturated rings. The third kappa shape index (κ3) is 3.38. The molecule has 34 heavy (non-hydrogen) atoms. The topological polar surface area (TPSA) is 88.1 Å². The summed E-state index contributed by atoms with van der Waals surface area (Å²) in [7, 11) is 4.60. The molecule has 0 radical (unpaired) electrons. The van der Waals surface area contributed by atoms with E-state index in [1.807, 2.05) is 6.07 Å². The Morgan fingerprint density at radius 3 is 2.24 bits per heavy atom. The summed E-state index contributed by atoms with van der Waals surface area (Å²) in [6, 6.07) is 18.9. The number of carbonyl (C=O) groups excluding carboxylic acids is 1. The molecule has 0 aliphatic carbocycles. The summed E-state index contributed by atoms with van der Waals surface area (Å²) < 4.78 is 27.7. The van der Waals surface area contributed by atoms with Crippen molar-refractivity contribution >= 4 is 27.7 Å². The Bertz CT molecular complexity index is 1590. The van der Waals surface area contributed by atoms with Gasteiger partial charge in [0, 0.05) is 11.1 Å². The average Bonchev–Trinajstić information content (AvgIpc) is 3.29. The van der Waals surface area contributed by atoms with Gasteiger partial charge in [-0.2, -0.15) is 0 Å². The van der Waals surface area contributed by atoms with Gasteiger partial charge >= 0.3 is 5.63 Å². The van der Waals surface area contributed by atoms with Gasteiger partial charge in [0.15, 0.2) is 22.8 Å². The minimum Gasteiger partial charge on any atom is -0.497 e. The number of ketones is 1. The van der Waals surface area contributed by atoms with Crippen molar-refractivity contribution in [1.82, 2.24) is 0 Å². The lowest BCUT2D eigenvalue weighted by molar-refractivity contribution is 0.101. The predicted molar refractivity (Wildman–Crippen MR) is 127 cm³/mol. The molecule has 0 bridgehead atoms. The lowest BCUT2D eigenvalue weighted by atomic mass is 9.97. The number of rotatable bonds is 6. The summed E-state index contributed by atoms with van der Waals surface area (Å²) in [5.41, 5.74) is 1.32.